The van der Waals surface area contributed by atoms with Gasteiger partial charge in [0.1, 0.15) is 5.75 Å². The van der Waals surface area contributed by atoms with Crippen LogP contribution < -0.4 is 10.1 Å². The fraction of sp³-hybridized carbons (Fsp3) is 0.400. The Bertz CT molecular complexity index is 401. The molecule has 3 heteroatoms. The molecule has 1 unspecified atom stereocenters. The van der Waals surface area contributed by atoms with Crippen molar-refractivity contribution in [1.82, 2.24) is 5.32 Å². The van der Waals surface area contributed by atoms with Crippen molar-refractivity contribution in [2.24, 2.45) is 0 Å². The van der Waals surface area contributed by atoms with Gasteiger partial charge in [-0.25, -0.2) is 0 Å². The van der Waals surface area contributed by atoms with Crippen LogP contribution in [0, 0.1) is 0 Å². The Morgan fingerprint density at radius 3 is 2.89 bits per heavy atom. The predicted molar refractivity (Wildman–Crippen MR) is 73.7 cm³/mol. The fourth-order valence-corrected chi connectivity index (χ4v) is 1.53. The van der Waals surface area contributed by atoms with Crippen LogP contribution in [0.5, 0.6) is 5.75 Å². The lowest BCUT2D eigenvalue weighted by Gasteiger charge is -2.13. The van der Waals surface area contributed by atoms with Gasteiger partial charge in [0.05, 0.1) is 0 Å². The molecule has 3 nitrogen and oxygen atoms in total. The summed E-state index contributed by atoms with van der Waals surface area (Å²) in [6.07, 6.45) is 3.48. The number of ether oxygens (including phenoxy) is 1. The minimum atomic E-state index is -0.0854. The number of amides is 1. The van der Waals surface area contributed by atoms with Crippen LogP contribution in [0.25, 0.3) is 0 Å². The summed E-state index contributed by atoms with van der Waals surface area (Å²) in [5.41, 5.74) is 1.05. The number of hydrogen-bond acceptors (Lipinski definition) is 2. The highest BCUT2D eigenvalue weighted by Gasteiger charge is 2.07. The SMILES string of the molecule is C=CCc1ccccc1OCC(=O)NC(C)CC. The first-order chi connectivity index (χ1) is 8.67. The number of rotatable bonds is 7. The van der Waals surface area contributed by atoms with Gasteiger partial charge in [0.15, 0.2) is 6.61 Å². The second-order valence-corrected chi connectivity index (χ2v) is 4.27. The standard InChI is InChI=1S/C15H21NO2/c1-4-8-13-9-6-7-10-14(13)18-11-15(17)16-12(3)5-2/h4,6-7,9-10,12H,1,5,8,11H2,2-3H3,(H,16,17). The molecule has 0 aliphatic heterocycles. The summed E-state index contributed by atoms with van der Waals surface area (Å²) in [6.45, 7) is 7.77. The molecule has 0 radical (unpaired) electrons. The van der Waals surface area contributed by atoms with Crippen molar-refractivity contribution in [2.75, 3.05) is 6.61 Å². The Kier molecular flexibility index (Phi) is 5.98. The number of allylic oxidation sites excluding steroid dienone is 1. The minimum absolute atomic E-state index is 0.0541. The number of para-hydroxylation sites is 1. The van der Waals surface area contributed by atoms with Crippen molar-refractivity contribution in [1.29, 1.82) is 0 Å². The van der Waals surface area contributed by atoms with Gasteiger partial charge in [-0.3, -0.25) is 4.79 Å². The smallest absolute Gasteiger partial charge is 0.258 e. The molecule has 1 atom stereocenters. The normalized spacial score (nSPS) is 11.7. The van der Waals surface area contributed by atoms with Crippen molar-refractivity contribution in [2.45, 2.75) is 32.7 Å². The molecule has 18 heavy (non-hydrogen) atoms. The number of carbonyl (C=O) groups is 1. The third kappa shape index (κ3) is 4.62. The number of hydrogen-bond donors (Lipinski definition) is 1. The quantitative estimate of drug-likeness (QED) is 0.752. The van der Waals surface area contributed by atoms with Crippen LogP contribution in [-0.4, -0.2) is 18.6 Å². The maximum absolute atomic E-state index is 11.6. The molecule has 0 aliphatic rings. The average molecular weight is 247 g/mol. The lowest BCUT2D eigenvalue weighted by molar-refractivity contribution is -0.123. The first kappa shape index (κ1) is 14.3. The summed E-state index contributed by atoms with van der Waals surface area (Å²) < 4.78 is 5.54. The van der Waals surface area contributed by atoms with Gasteiger partial charge in [-0.1, -0.05) is 31.2 Å². The Morgan fingerprint density at radius 1 is 1.50 bits per heavy atom. The summed E-state index contributed by atoms with van der Waals surface area (Å²) in [6, 6.07) is 7.88. The molecular formula is C15H21NO2. The highest BCUT2D eigenvalue weighted by Crippen LogP contribution is 2.18. The van der Waals surface area contributed by atoms with Crippen molar-refractivity contribution < 1.29 is 9.53 Å². The first-order valence-corrected chi connectivity index (χ1v) is 6.28. The van der Waals surface area contributed by atoms with Crippen molar-refractivity contribution in [3.05, 3.63) is 42.5 Å². The maximum atomic E-state index is 11.6. The second-order valence-electron chi connectivity index (χ2n) is 4.27. The van der Waals surface area contributed by atoms with E-state index in [1.807, 2.05) is 44.2 Å². The summed E-state index contributed by atoms with van der Waals surface area (Å²) in [5, 5.41) is 2.87. The van der Waals surface area contributed by atoms with E-state index in [4.69, 9.17) is 4.74 Å². The van der Waals surface area contributed by atoms with Crippen LogP contribution in [0.1, 0.15) is 25.8 Å². The van der Waals surface area contributed by atoms with E-state index in [1.165, 1.54) is 0 Å². The summed E-state index contributed by atoms with van der Waals surface area (Å²) in [7, 11) is 0. The zero-order chi connectivity index (χ0) is 13.4. The second kappa shape index (κ2) is 7.54. The van der Waals surface area contributed by atoms with E-state index in [9.17, 15) is 4.79 Å². The van der Waals surface area contributed by atoms with Gasteiger partial charge in [0.2, 0.25) is 0 Å². The molecule has 0 bridgehead atoms. The molecule has 1 rings (SSSR count). The first-order valence-electron chi connectivity index (χ1n) is 6.28. The maximum Gasteiger partial charge on any atom is 0.258 e. The van der Waals surface area contributed by atoms with Crippen LogP contribution in [0.2, 0.25) is 0 Å². The molecule has 0 spiro atoms. The molecule has 0 heterocycles. The highest BCUT2D eigenvalue weighted by atomic mass is 16.5. The highest BCUT2D eigenvalue weighted by molar-refractivity contribution is 5.77. The summed E-state index contributed by atoms with van der Waals surface area (Å²) >= 11 is 0. The van der Waals surface area contributed by atoms with Gasteiger partial charge in [-0.15, -0.1) is 6.58 Å². The molecule has 98 valence electrons. The Morgan fingerprint density at radius 2 is 2.22 bits per heavy atom. The van der Waals surface area contributed by atoms with Crippen LogP contribution in [0.3, 0.4) is 0 Å². The van der Waals surface area contributed by atoms with Crippen LogP contribution >= 0.6 is 0 Å². The molecule has 1 aromatic carbocycles. The van der Waals surface area contributed by atoms with E-state index >= 15 is 0 Å². The van der Waals surface area contributed by atoms with Crippen molar-refractivity contribution in [3.63, 3.8) is 0 Å². The minimum Gasteiger partial charge on any atom is -0.483 e. The molecule has 1 amide bonds. The van der Waals surface area contributed by atoms with Gasteiger partial charge < -0.3 is 10.1 Å². The molecule has 0 saturated heterocycles. The van der Waals surface area contributed by atoms with Crippen molar-refractivity contribution >= 4 is 5.91 Å². The van der Waals surface area contributed by atoms with E-state index in [0.717, 1.165) is 24.2 Å². The van der Waals surface area contributed by atoms with Crippen LogP contribution in [0.15, 0.2) is 36.9 Å². The third-order valence-electron chi connectivity index (χ3n) is 2.72. The fourth-order valence-electron chi connectivity index (χ4n) is 1.53. The van der Waals surface area contributed by atoms with E-state index < -0.39 is 0 Å². The lowest BCUT2D eigenvalue weighted by Crippen LogP contribution is -2.35. The van der Waals surface area contributed by atoms with E-state index in [0.29, 0.717) is 0 Å². The Balaban J connectivity index is 2.52. The molecule has 1 aromatic rings. The van der Waals surface area contributed by atoms with Crippen molar-refractivity contribution in [3.8, 4) is 5.75 Å². The van der Waals surface area contributed by atoms with Gasteiger partial charge in [0.25, 0.3) is 5.91 Å². The Hall–Kier alpha value is -1.77. The van der Waals surface area contributed by atoms with Crippen LogP contribution in [0.4, 0.5) is 0 Å². The zero-order valence-corrected chi connectivity index (χ0v) is 11.1. The largest absolute Gasteiger partial charge is 0.483 e. The molecule has 0 saturated carbocycles. The topological polar surface area (TPSA) is 38.3 Å². The van der Waals surface area contributed by atoms with Gasteiger partial charge >= 0.3 is 0 Å². The predicted octanol–water partition coefficient (Wildman–Crippen LogP) is 2.71. The summed E-state index contributed by atoms with van der Waals surface area (Å²) in [4.78, 5) is 11.6. The van der Waals surface area contributed by atoms with Gasteiger partial charge in [0, 0.05) is 6.04 Å². The lowest BCUT2D eigenvalue weighted by atomic mass is 10.1. The van der Waals surface area contributed by atoms with E-state index in [2.05, 4.69) is 11.9 Å². The zero-order valence-electron chi connectivity index (χ0n) is 11.1. The summed E-state index contributed by atoms with van der Waals surface area (Å²) in [5.74, 6) is 0.662. The molecule has 0 aromatic heterocycles. The average Bonchev–Trinajstić information content (AvgIpc) is 2.38. The third-order valence-corrected chi connectivity index (χ3v) is 2.72. The molecule has 1 N–H and O–H groups in total. The number of nitrogens with one attached hydrogen (secondary N) is 1. The molecular weight excluding hydrogens is 226 g/mol. The van der Waals surface area contributed by atoms with Crippen LogP contribution in [-0.2, 0) is 11.2 Å². The number of carbonyl (C=O) groups excluding carboxylic acids is 1. The molecule has 0 fully saturated rings. The van der Waals surface area contributed by atoms with Gasteiger partial charge in [-0.2, -0.15) is 0 Å². The van der Waals surface area contributed by atoms with E-state index in [-0.39, 0.29) is 18.6 Å². The van der Waals surface area contributed by atoms with E-state index in [1.54, 1.807) is 0 Å². The van der Waals surface area contributed by atoms with Gasteiger partial charge in [-0.05, 0) is 31.4 Å². The number of benzene rings is 1. The Labute approximate surface area is 109 Å². The monoisotopic (exact) mass is 247 g/mol. The molecule has 0 aliphatic carbocycles.